The molecule has 0 spiro atoms. The first-order valence-electron chi connectivity index (χ1n) is 7.53. The number of hydrogen-bond donors (Lipinski definition) is 0. The number of methoxy groups -OCH3 is 1. The third-order valence-electron chi connectivity index (χ3n) is 3.96. The summed E-state index contributed by atoms with van der Waals surface area (Å²) in [4.78, 5) is 6.97. The summed E-state index contributed by atoms with van der Waals surface area (Å²) >= 11 is 2.00. The summed E-state index contributed by atoms with van der Waals surface area (Å²) in [6.07, 6.45) is 0.677. The molecule has 2 aromatic rings. The van der Waals surface area contributed by atoms with Gasteiger partial charge in [-0.25, -0.2) is 0 Å². The van der Waals surface area contributed by atoms with Gasteiger partial charge in [0.1, 0.15) is 5.75 Å². The van der Waals surface area contributed by atoms with Crippen LogP contribution in [0.3, 0.4) is 0 Å². The minimum Gasteiger partial charge on any atom is -0.497 e. The Labute approximate surface area is 135 Å². The van der Waals surface area contributed by atoms with Gasteiger partial charge in [-0.1, -0.05) is 17.3 Å². The Kier molecular flexibility index (Phi) is 5.00. The summed E-state index contributed by atoms with van der Waals surface area (Å²) in [5.74, 6) is 4.66. The Morgan fingerprint density at radius 3 is 2.68 bits per heavy atom. The van der Waals surface area contributed by atoms with E-state index in [4.69, 9.17) is 9.26 Å². The number of aromatic nitrogens is 2. The third-order valence-corrected chi connectivity index (χ3v) is 4.90. The Hall–Kier alpha value is -1.53. The largest absolute Gasteiger partial charge is 0.497 e. The van der Waals surface area contributed by atoms with Gasteiger partial charge in [-0.3, -0.25) is 4.90 Å². The first-order valence-corrected chi connectivity index (χ1v) is 8.69. The molecule has 2 heterocycles. The van der Waals surface area contributed by atoms with E-state index in [0.29, 0.717) is 6.42 Å². The predicted molar refractivity (Wildman–Crippen MR) is 87.4 cm³/mol. The molecule has 0 N–H and O–H groups in total. The lowest BCUT2D eigenvalue weighted by molar-refractivity contribution is 0.189. The van der Waals surface area contributed by atoms with Crippen LogP contribution in [0.5, 0.6) is 5.75 Å². The van der Waals surface area contributed by atoms with Gasteiger partial charge < -0.3 is 9.26 Å². The van der Waals surface area contributed by atoms with Crippen molar-refractivity contribution in [1.82, 2.24) is 15.0 Å². The van der Waals surface area contributed by atoms with Gasteiger partial charge >= 0.3 is 0 Å². The zero-order valence-electron chi connectivity index (χ0n) is 13.0. The molecule has 0 aliphatic carbocycles. The topological polar surface area (TPSA) is 51.4 Å². The van der Waals surface area contributed by atoms with Gasteiger partial charge in [0.05, 0.1) is 13.2 Å². The van der Waals surface area contributed by atoms with E-state index in [9.17, 15) is 0 Å². The standard InChI is InChI=1S/C16H21N3O2S/c1-12(19-7-9-22-10-8-19)16-17-15(18-21-16)11-13-3-5-14(20-2)6-4-13/h3-6,12H,7-11H2,1-2H3. The van der Waals surface area contributed by atoms with Gasteiger partial charge in [-0.15, -0.1) is 0 Å². The molecular formula is C16H21N3O2S. The van der Waals surface area contributed by atoms with Crippen molar-refractivity contribution in [2.24, 2.45) is 0 Å². The zero-order valence-corrected chi connectivity index (χ0v) is 13.8. The fraction of sp³-hybridized carbons (Fsp3) is 0.500. The molecule has 0 bridgehead atoms. The minimum absolute atomic E-state index is 0.193. The van der Waals surface area contributed by atoms with Crippen LogP contribution in [0.1, 0.15) is 30.2 Å². The van der Waals surface area contributed by atoms with E-state index in [2.05, 4.69) is 22.0 Å². The molecule has 0 saturated carbocycles. The molecular weight excluding hydrogens is 298 g/mol. The number of rotatable bonds is 5. The summed E-state index contributed by atoms with van der Waals surface area (Å²) in [6, 6.07) is 8.15. The van der Waals surface area contributed by atoms with Crippen molar-refractivity contribution in [2.75, 3.05) is 31.7 Å². The molecule has 1 aliphatic heterocycles. The summed E-state index contributed by atoms with van der Waals surface area (Å²) < 4.78 is 10.6. The van der Waals surface area contributed by atoms with Crippen LogP contribution in [-0.2, 0) is 6.42 Å². The van der Waals surface area contributed by atoms with Gasteiger partial charge in [0.2, 0.25) is 5.89 Å². The van der Waals surface area contributed by atoms with E-state index in [-0.39, 0.29) is 6.04 Å². The first kappa shape index (κ1) is 15.4. The van der Waals surface area contributed by atoms with E-state index in [1.165, 1.54) is 11.5 Å². The van der Waals surface area contributed by atoms with E-state index in [1.54, 1.807) is 7.11 Å². The number of benzene rings is 1. The molecule has 22 heavy (non-hydrogen) atoms. The highest BCUT2D eigenvalue weighted by Crippen LogP contribution is 2.23. The number of hydrogen-bond acceptors (Lipinski definition) is 6. The second kappa shape index (κ2) is 7.15. The highest BCUT2D eigenvalue weighted by atomic mass is 32.2. The van der Waals surface area contributed by atoms with Gasteiger partial charge in [0, 0.05) is 31.0 Å². The maximum absolute atomic E-state index is 5.46. The fourth-order valence-corrected chi connectivity index (χ4v) is 3.49. The van der Waals surface area contributed by atoms with E-state index >= 15 is 0 Å². The van der Waals surface area contributed by atoms with Gasteiger partial charge in [-0.2, -0.15) is 16.7 Å². The van der Waals surface area contributed by atoms with Gasteiger partial charge in [0.15, 0.2) is 5.82 Å². The molecule has 1 unspecified atom stereocenters. The van der Waals surface area contributed by atoms with Crippen LogP contribution in [0.25, 0.3) is 0 Å². The number of nitrogens with zero attached hydrogens (tertiary/aromatic N) is 3. The molecule has 0 amide bonds. The van der Waals surface area contributed by atoms with Crippen molar-refractivity contribution in [3.8, 4) is 5.75 Å². The van der Waals surface area contributed by atoms with Crippen LogP contribution in [0.4, 0.5) is 0 Å². The Bertz CT molecular complexity index is 594. The lowest BCUT2D eigenvalue weighted by atomic mass is 10.1. The van der Waals surface area contributed by atoms with Gasteiger partial charge in [-0.05, 0) is 24.6 Å². The maximum Gasteiger partial charge on any atom is 0.243 e. The Morgan fingerprint density at radius 2 is 2.00 bits per heavy atom. The molecule has 6 heteroatoms. The molecule has 3 rings (SSSR count). The van der Waals surface area contributed by atoms with Crippen LogP contribution in [0.2, 0.25) is 0 Å². The van der Waals surface area contributed by atoms with Crippen molar-refractivity contribution in [2.45, 2.75) is 19.4 Å². The Morgan fingerprint density at radius 1 is 1.27 bits per heavy atom. The van der Waals surface area contributed by atoms with Crippen LogP contribution in [0.15, 0.2) is 28.8 Å². The summed E-state index contributed by atoms with van der Waals surface area (Å²) in [7, 11) is 1.67. The second-order valence-corrected chi connectivity index (χ2v) is 6.62. The molecule has 1 aromatic heterocycles. The normalized spacial score (nSPS) is 17.4. The van der Waals surface area contributed by atoms with Crippen LogP contribution >= 0.6 is 11.8 Å². The minimum atomic E-state index is 0.193. The summed E-state index contributed by atoms with van der Waals surface area (Å²) in [6.45, 7) is 4.31. The molecule has 0 radical (unpaired) electrons. The van der Waals surface area contributed by atoms with E-state index < -0.39 is 0 Å². The highest BCUT2D eigenvalue weighted by Gasteiger charge is 2.23. The molecule has 118 valence electrons. The van der Waals surface area contributed by atoms with Crippen LogP contribution in [-0.4, -0.2) is 46.7 Å². The first-order chi connectivity index (χ1) is 10.8. The monoisotopic (exact) mass is 319 g/mol. The van der Waals surface area contributed by atoms with Crippen molar-refractivity contribution < 1.29 is 9.26 Å². The summed E-state index contributed by atoms with van der Waals surface area (Å²) in [5, 5.41) is 4.12. The molecule has 5 nitrogen and oxygen atoms in total. The van der Waals surface area contributed by atoms with Crippen LogP contribution in [0, 0.1) is 0 Å². The lowest BCUT2D eigenvalue weighted by Crippen LogP contribution is -2.34. The van der Waals surface area contributed by atoms with Crippen molar-refractivity contribution in [3.05, 3.63) is 41.5 Å². The van der Waals surface area contributed by atoms with E-state index in [1.807, 2.05) is 36.0 Å². The van der Waals surface area contributed by atoms with E-state index in [0.717, 1.165) is 36.1 Å². The lowest BCUT2D eigenvalue weighted by Gasteiger charge is -2.29. The Balaban J connectivity index is 1.64. The second-order valence-electron chi connectivity index (χ2n) is 5.40. The predicted octanol–water partition coefficient (Wildman–Crippen LogP) is 2.78. The zero-order chi connectivity index (χ0) is 15.4. The molecule has 1 aromatic carbocycles. The highest BCUT2D eigenvalue weighted by molar-refractivity contribution is 7.99. The van der Waals surface area contributed by atoms with Gasteiger partial charge in [0.25, 0.3) is 0 Å². The quantitative estimate of drug-likeness (QED) is 0.845. The smallest absolute Gasteiger partial charge is 0.243 e. The molecule has 1 aliphatic rings. The van der Waals surface area contributed by atoms with Crippen LogP contribution < -0.4 is 4.74 Å². The third kappa shape index (κ3) is 3.62. The number of thioether (sulfide) groups is 1. The SMILES string of the molecule is COc1ccc(Cc2noc(C(C)N3CCSCC3)n2)cc1. The average molecular weight is 319 g/mol. The maximum atomic E-state index is 5.46. The summed E-state index contributed by atoms with van der Waals surface area (Å²) in [5.41, 5.74) is 1.15. The molecule has 1 atom stereocenters. The number of ether oxygens (including phenoxy) is 1. The molecule has 1 saturated heterocycles. The molecule has 1 fully saturated rings. The fourth-order valence-electron chi connectivity index (χ4n) is 2.56. The van der Waals surface area contributed by atoms with Crippen molar-refractivity contribution in [1.29, 1.82) is 0 Å². The van der Waals surface area contributed by atoms with Crippen molar-refractivity contribution in [3.63, 3.8) is 0 Å². The average Bonchev–Trinajstić information content (AvgIpc) is 3.04. The van der Waals surface area contributed by atoms with Crippen molar-refractivity contribution >= 4 is 11.8 Å².